The van der Waals surface area contributed by atoms with E-state index >= 15 is 0 Å². The average Bonchev–Trinajstić information content (AvgIpc) is 2.50. The first-order valence-corrected chi connectivity index (χ1v) is 7.55. The van der Waals surface area contributed by atoms with Crippen LogP contribution >= 0.6 is 23.8 Å². The minimum Gasteiger partial charge on any atom is -0.495 e. The molecule has 0 spiro atoms. The fourth-order valence-electron chi connectivity index (χ4n) is 1.86. The van der Waals surface area contributed by atoms with E-state index in [0.717, 1.165) is 17.1 Å². The second-order valence-electron chi connectivity index (χ2n) is 4.39. The lowest BCUT2D eigenvalue weighted by Crippen LogP contribution is -2.19. The summed E-state index contributed by atoms with van der Waals surface area (Å²) in [6.45, 7) is 2.57. The third-order valence-corrected chi connectivity index (χ3v) is 3.33. The summed E-state index contributed by atoms with van der Waals surface area (Å²) in [6, 6.07) is 13.0. The molecule has 0 unspecified atom stereocenters. The minimum absolute atomic E-state index is 0.470. The third-order valence-electron chi connectivity index (χ3n) is 2.81. The maximum Gasteiger partial charge on any atom is 0.175 e. The van der Waals surface area contributed by atoms with Gasteiger partial charge in [-0.3, -0.25) is 0 Å². The molecule has 0 aromatic heterocycles. The molecule has 0 amide bonds. The monoisotopic (exact) mass is 336 g/mol. The van der Waals surface area contributed by atoms with E-state index in [-0.39, 0.29) is 0 Å². The van der Waals surface area contributed by atoms with Crippen LogP contribution in [0.15, 0.2) is 42.5 Å². The smallest absolute Gasteiger partial charge is 0.175 e. The maximum atomic E-state index is 5.99. The van der Waals surface area contributed by atoms with Crippen molar-refractivity contribution in [3.05, 3.63) is 47.5 Å². The summed E-state index contributed by atoms with van der Waals surface area (Å²) < 4.78 is 10.6. The van der Waals surface area contributed by atoms with Gasteiger partial charge in [0.05, 0.1) is 18.7 Å². The van der Waals surface area contributed by atoms with Gasteiger partial charge >= 0.3 is 0 Å². The zero-order valence-corrected chi connectivity index (χ0v) is 13.9. The number of thiocarbonyl (C=S) groups is 1. The number of rotatable bonds is 5. The highest BCUT2D eigenvalue weighted by molar-refractivity contribution is 7.80. The SMILES string of the molecule is CCOc1cccc(NC(=S)Nc2ccc(Cl)c(OC)c2)c1. The van der Waals surface area contributed by atoms with Crippen LogP contribution in [-0.2, 0) is 0 Å². The number of hydrogen-bond donors (Lipinski definition) is 2. The van der Waals surface area contributed by atoms with Gasteiger partial charge in [0.15, 0.2) is 5.11 Å². The van der Waals surface area contributed by atoms with E-state index in [1.54, 1.807) is 19.2 Å². The van der Waals surface area contributed by atoms with Crippen molar-refractivity contribution >= 4 is 40.3 Å². The Morgan fingerprint density at radius 1 is 1.14 bits per heavy atom. The number of anilines is 2. The molecule has 0 aliphatic rings. The van der Waals surface area contributed by atoms with Gasteiger partial charge in [-0.2, -0.15) is 0 Å². The van der Waals surface area contributed by atoms with Gasteiger partial charge in [-0.1, -0.05) is 17.7 Å². The van der Waals surface area contributed by atoms with Gasteiger partial charge in [-0.15, -0.1) is 0 Å². The molecule has 0 bridgehead atoms. The minimum atomic E-state index is 0.470. The highest BCUT2D eigenvalue weighted by Gasteiger charge is 2.04. The van der Waals surface area contributed by atoms with E-state index < -0.39 is 0 Å². The summed E-state index contributed by atoms with van der Waals surface area (Å²) in [7, 11) is 1.57. The number of hydrogen-bond acceptors (Lipinski definition) is 3. The topological polar surface area (TPSA) is 42.5 Å². The maximum absolute atomic E-state index is 5.99. The summed E-state index contributed by atoms with van der Waals surface area (Å²) >= 11 is 11.3. The molecule has 0 aliphatic carbocycles. The predicted octanol–water partition coefficient (Wildman–Crippen LogP) is 4.56. The summed E-state index contributed by atoms with van der Waals surface area (Å²) in [4.78, 5) is 0. The molecule has 22 heavy (non-hydrogen) atoms. The molecule has 2 aromatic carbocycles. The van der Waals surface area contributed by atoms with Gasteiger partial charge in [0.2, 0.25) is 0 Å². The first-order chi connectivity index (χ1) is 10.6. The molecule has 2 aromatic rings. The lowest BCUT2D eigenvalue weighted by molar-refractivity contribution is 0.340. The molecule has 0 saturated carbocycles. The van der Waals surface area contributed by atoms with Gasteiger partial charge in [-0.25, -0.2) is 0 Å². The first kappa shape index (κ1) is 16.4. The Hall–Kier alpha value is -1.98. The van der Waals surface area contributed by atoms with Crippen molar-refractivity contribution in [1.29, 1.82) is 0 Å². The van der Waals surface area contributed by atoms with Crippen LogP contribution in [0.2, 0.25) is 5.02 Å². The number of ether oxygens (including phenoxy) is 2. The molecule has 2 N–H and O–H groups in total. The van der Waals surface area contributed by atoms with Crippen LogP contribution in [-0.4, -0.2) is 18.8 Å². The highest BCUT2D eigenvalue weighted by Crippen LogP contribution is 2.27. The molecule has 0 saturated heterocycles. The van der Waals surface area contributed by atoms with Crippen molar-refractivity contribution in [1.82, 2.24) is 0 Å². The molecule has 2 rings (SSSR count). The van der Waals surface area contributed by atoms with E-state index in [4.69, 9.17) is 33.3 Å². The first-order valence-electron chi connectivity index (χ1n) is 6.76. The third kappa shape index (κ3) is 4.51. The van der Waals surface area contributed by atoms with Gasteiger partial charge < -0.3 is 20.1 Å². The van der Waals surface area contributed by atoms with Gasteiger partial charge in [0, 0.05) is 23.5 Å². The van der Waals surface area contributed by atoms with Crippen LogP contribution in [0.25, 0.3) is 0 Å². The molecule has 4 nitrogen and oxygen atoms in total. The van der Waals surface area contributed by atoms with Crippen LogP contribution < -0.4 is 20.1 Å². The number of halogens is 1. The Bertz CT molecular complexity index is 664. The molecule has 0 atom stereocenters. The molecule has 116 valence electrons. The Morgan fingerprint density at radius 3 is 2.55 bits per heavy atom. The van der Waals surface area contributed by atoms with Crippen LogP contribution in [0.4, 0.5) is 11.4 Å². The lowest BCUT2D eigenvalue weighted by atomic mass is 10.3. The van der Waals surface area contributed by atoms with E-state index in [1.807, 2.05) is 37.3 Å². The number of benzene rings is 2. The zero-order chi connectivity index (χ0) is 15.9. The van der Waals surface area contributed by atoms with E-state index in [0.29, 0.717) is 22.5 Å². The van der Waals surface area contributed by atoms with E-state index in [9.17, 15) is 0 Å². The standard InChI is InChI=1S/C16H17ClN2O2S/c1-3-21-13-6-4-5-11(9-13)18-16(22)19-12-7-8-14(17)15(10-12)20-2/h4-10H,3H2,1-2H3,(H2,18,19,22). The molecular weight excluding hydrogens is 320 g/mol. The lowest BCUT2D eigenvalue weighted by Gasteiger charge is -2.13. The Kier molecular flexibility index (Phi) is 5.86. The fraction of sp³-hybridized carbons (Fsp3) is 0.188. The van der Waals surface area contributed by atoms with Gasteiger partial charge in [0.1, 0.15) is 11.5 Å². The van der Waals surface area contributed by atoms with E-state index in [2.05, 4.69) is 10.6 Å². The molecular formula is C16H17ClN2O2S. The quantitative estimate of drug-likeness (QED) is 0.784. The largest absolute Gasteiger partial charge is 0.495 e. The Morgan fingerprint density at radius 2 is 1.86 bits per heavy atom. The van der Waals surface area contributed by atoms with Crippen LogP contribution in [0.1, 0.15) is 6.92 Å². The average molecular weight is 337 g/mol. The van der Waals surface area contributed by atoms with Crippen molar-refractivity contribution in [2.75, 3.05) is 24.4 Å². The molecule has 6 heteroatoms. The summed E-state index contributed by atoms with van der Waals surface area (Å²) in [5.74, 6) is 1.39. The van der Waals surface area contributed by atoms with Crippen molar-refractivity contribution in [2.45, 2.75) is 6.92 Å². The van der Waals surface area contributed by atoms with Crippen molar-refractivity contribution < 1.29 is 9.47 Å². The molecule has 0 heterocycles. The number of methoxy groups -OCH3 is 1. The van der Waals surface area contributed by atoms with Crippen molar-refractivity contribution in [3.8, 4) is 11.5 Å². The van der Waals surface area contributed by atoms with Crippen LogP contribution in [0.5, 0.6) is 11.5 Å². The fourth-order valence-corrected chi connectivity index (χ4v) is 2.29. The second kappa shape index (κ2) is 7.87. The van der Waals surface area contributed by atoms with Gasteiger partial charge in [-0.05, 0) is 43.4 Å². The molecule has 0 radical (unpaired) electrons. The molecule has 0 aliphatic heterocycles. The van der Waals surface area contributed by atoms with Gasteiger partial charge in [0.25, 0.3) is 0 Å². The predicted molar refractivity (Wildman–Crippen MR) is 95.5 cm³/mol. The second-order valence-corrected chi connectivity index (χ2v) is 5.20. The summed E-state index contributed by atoms with van der Waals surface area (Å²) in [5.41, 5.74) is 1.64. The summed E-state index contributed by atoms with van der Waals surface area (Å²) in [5, 5.41) is 7.22. The van der Waals surface area contributed by atoms with Crippen molar-refractivity contribution in [2.24, 2.45) is 0 Å². The highest BCUT2D eigenvalue weighted by atomic mass is 35.5. The summed E-state index contributed by atoms with van der Waals surface area (Å²) in [6.07, 6.45) is 0. The number of nitrogens with one attached hydrogen (secondary N) is 2. The van der Waals surface area contributed by atoms with Crippen LogP contribution in [0.3, 0.4) is 0 Å². The zero-order valence-electron chi connectivity index (χ0n) is 12.4. The van der Waals surface area contributed by atoms with E-state index in [1.165, 1.54) is 0 Å². The normalized spacial score (nSPS) is 9.95. The molecule has 0 fully saturated rings. The Labute approximate surface area is 140 Å². The van der Waals surface area contributed by atoms with Crippen LogP contribution in [0, 0.1) is 0 Å². The van der Waals surface area contributed by atoms with Crippen molar-refractivity contribution in [3.63, 3.8) is 0 Å². The Balaban J connectivity index is 2.02.